The molecule has 1 heterocycles. The highest BCUT2D eigenvalue weighted by Gasteiger charge is 2.46. The van der Waals surface area contributed by atoms with Gasteiger partial charge in [-0.3, -0.25) is 14.1 Å². The number of nitrogens with zero attached hydrogens (tertiary/aromatic N) is 1. The summed E-state index contributed by atoms with van der Waals surface area (Å²) in [6, 6.07) is 27.3. The molecule has 0 aromatic heterocycles. The molecule has 1 amide bonds. The summed E-state index contributed by atoms with van der Waals surface area (Å²) >= 11 is 0. The number of esters is 1. The van der Waals surface area contributed by atoms with Crippen LogP contribution in [0.25, 0.3) is 0 Å². The average Bonchev–Trinajstić information content (AvgIpc) is 3.15. The van der Waals surface area contributed by atoms with Gasteiger partial charge in [-0.15, -0.1) is 10.3 Å². The first kappa shape index (κ1) is 43.8. The van der Waals surface area contributed by atoms with Gasteiger partial charge in [0, 0.05) is 23.0 Å². The summed E-state index contributed by atoms with van der Waals surface area (Å²) in [6.07, 6.45) is 8.76. The predicted octanol–water partition coefficient (Wildman–Crippen LogP) is 10.2. The van der Waals surface area contributed by atoms with E-state index in [-0.39, 0.29) is 43.0 Å². The van der Waals surface area contributed by atoms with E-state index in [1.54, 1.807) is 48.5 Å². The van der Waals surface area contributed by atoms with Crippen molar-refractivity contribution < 1.29 is 37.7 Å². The summed E-state index contributed by atoms with van der Waals surface area (Å²) in [7, 11) is -4.12. The van der Waals surface area contributed by atoms with E-state index in [1.807, 2.05) is 78.8 Å². The summed E-state index contributed by atoms with van der Waals surface area (Å²) in [5, 5.41) is 17.1. The maximum absolute atomic E-state index is 13.7. The van der Waals surface area contributed by atoms with Gasteiger partial charge in [0.05, 0.1) is 12.0 Å². The van der Waals surface area contributed by atoms with Crippen molar-refractivity contribution in [2.45, 2.75) is 116 Å². The Labute approximate surface area is 328 Å². The van der Waals surface area contributed by atoms with Crippen molar-refractivity contribution in [1.29, 1.82) is 0 Å². The molecule has 1 radical (unpaired) electrons. The van der Waals surface area contributed by atoms with Crippen molar-refractivity contribution in [1.82, 2.24) is 10.4 Å². The number of piperidine rings is 1. The molecular weight excluding hydrogens is 715 g/mol. The summed E-state index contributed by atoms with van der Waals surface area (Å²) in [5.74, 6) is 0.171. The van der Waals surface area contributed by atoms with Crippen LogP contribution >= 0.6 is 7.82 Å². The summed E-state index contributed by atoms with van der Waals surface area (Å²) in [6.45, 7) is 13.3. The van der Waals surface area contributed by atoms with Crippen molar-refractivity contribution in [3.05, 3.63) is 109 Å². The minimum atomic E-state index is -4.12. The van der Waals surface area contributed by atoms with Crippen LogP contribution in [-0.2, 0) is 28.6 Å². The molecule has 299 valence electrons. The second-order valence-corrected chi connectivity index (χ2v) is 17.7. The van der Waals surface area contributed by atoms with Crippen molar-refractivity contribution >= 4 is 19.7 Å². The Hall–Kier alpha value is -3.95. The molecule has 3 atom stereocenters. The molecule has 0 aliphatic carbocycles. The SMILES string of the molecule is CCC(C)(CC(C/C=C/CCC(C)C(=O)NC1CC(C)(C)N([O])C(C)(C)C1)c1ccccc1)C(=O)OCCOP(=O)(Oc1ccccc1)Oc1ccccc1. The molecule has 3 unspecified atom stereocenters. The molecule has 1 aliphatic heterocycles. The van der Waals surface area contributed by atoms with E-state index in [1.165, 1.54) is 5.06 Å². The van der Waals surface area contributed by atoms with Crippen LogP contribution < -0.4 is 14.4 Å². The number of allylic oxidation sites excluding steroid dienone is 2. The van der Waals surface area contributed by atoms with Crippen molar-refractivity contribution in [2.24, 2.45) is 11.3 Å². The lowest BCUT2D eigenvalue weighted by Crippen LogP contribution is -2.62. The number of para-hydroxylation sites is 2. The van der Waals surface area contributed by atoms with Crippen LogP contribution in [0.4, 0.5) is 0 Å². The fourth-order valence-corrected chi connectivity index (χ4v) is 8.49. The highest BCUT2D eigenvalue weighted by molar-refractivity contribution is 7.49. The molecule has 0 saturated carbocycles. The topological polar surface area (TPSA) is 123 Å². The zero-order valence-corrected chi connectivity index (χ0v) is 34.5. The van der Waals surface area contributed by atoms with Crippen LogP contribution in [0.3, 0.4) is 0 Å². The number of amides is 1. The highest BCUT2D eigenvalue weighted by Crippen LogP contribution is 2.49. The lowest BCUT2D eigenvalue weighted by Gasteiger charge is -2.50. The molecule has 1 fully saturated rings. The third-order valence-electron chi connectivity index (χ3n) is 10.5. The number of ether oxygens (including phenoxy) is 1. The lowest BCUT2D eigenvalue weighted by atomic mass is 9.75. The van der Waals surface area contributed by atoms with Crippen LogP contribution in [0.15, 0.2) is 103 Å². The Morgan fingerprint density at radius 2 is 1.40 bits per heavy atom. The minimum absolute atomic E-state index is 0.0180. The Bertz CT molecular complexity index is 1660. The van der Waals surface area contributed by atoms with E-state index in [0.717, 1.165) is 12.0 Å². The number of phosphoric ester groups is 1. The van der Waals surface area contributed by atoms with Crippen LogP contribution in [0.1, 0.15) is 105 Å². The molecule has 11 heteroatoms. The maximum atomic E-state index is 13.7. The van der Waals surface area contributed by atoms with Crippen molar-refractivity contribution in [2.75, 3.05) is 13.2 Å². The van der Waals surface area contributed by atoms with Crippen LogP contribution in [0.5, 0.6) is 11.5 Å². The van der Waals surface area contributed by atoms with Crippen LogP contribution in [0.2, 0.25) is 0 Å². The number of carbonyl (C=O) groups is 2. The van der Waals surface area contributed by atoms with Gasteiger partial charge in [0.2, 0.25) is 5.91 Å². The average molecular weight is 776 g/mol. The van der Waals surface area contributed by atoms with Gasteiger partial charge >= 0.3 is 13.8 Å². The monoisotopic (exact) mass is 775 g/mol. The minimum Gasteiger partial charge on any atom is -0.463 e. The Balaban J connectivity index is 1.30. The third-order valence-corrected chi connectivity index (χ3v) is 11.8. The molecule has 1 saturated heterocycles. The summed E-state index contributed by atoms with van der Waals surface area (Å²) in [4.78, 5) is 26.7. The molecule has 0 spiro atoms. The van der Waals surface area contributed by atoms with E-state index < -0.39 is 24.3 Å². The molecule has 1 N–H and O–H groups in total. The summed E-state index contributed by atoms with van der Waals surface area (Å²) in [5.41, 5.74) is -0.746. The molecule has 1 aliphatic rings. The molecule has 3 aromatic carbocycles. The Morgan fingerprint density at radius 1 is 0.873 bits per heavy atom. The fourth-order valence-electron chi connectivity index (χ4n) is 7.29. The second-order valence-electron chi connectivity index (χ2n) is 16.2. The van der Waals surface area contributed by atoms with Crippen LogP contribution in [-0.4, -0.2) is 47.3 Å². The third kappa shape index (κ3) is 13.1. The first-order valence-corrected chi connectivity index (χ1v) is 20.9. The normalized spacial score (nSPS) is 18.2. The largest absolute Gasteiger partial charge is 0.587 e. The molecule has 55 heavy (non-hydrogen) atoms. The Morgan fingerprint density at radius 3 is 1.93 bits per heavy atom. The molecular formula is C44H60N2O8P. The predicted molar refractivity (Wildman–Crippen MR) is 215 cm³/mol. The fraction of sp³-hybridized carbons (Fsp3) is 0.500. The number of phosphoric acid groups is 1. The maximum Gasteiger partial charge on any atom is 0.587 e. The standard InChI is InChI=1S/C44H60N2O8P/c1-8-44(7,41(48)51-29-30-52-55(50,53-38-25-17-11-18-26-38)54-39-27-19-12-20-28-39)31-36(35-22-14-10-15-23-35)24-16-9-13-21-34(2)40(47)45-37-32-42(3,4)46(49)43(5,6)33-37/h9-12,14-20,22-23,25-28,34,36-37H,8,13,21,24,29-33H2,1-7H3,(H,45,47)/b16-9+. The zero-order valence-electron chi connectivity index (χ0n) is 33.6. The zero-order chi connectivity index (χ0) is 40.1. The number of hydroxylamine groups is 2. The second kappa shape index (κ2) is 19.8. The van der Waals surface area contributed by atoms with Gasteiger partial charge in [-0.2, -0.15) is 0 Å². The van der Waals surface area contributed by atoms with Gasteiger partial charge in [0.1, 0.15) is 18.1 Å². The number of hydrogen-bond acceptors (Lipinski definition) is 8. The van der Waals surface area contributed by atoms with E-state index >= 15 is 0 Å². The van der Waals surface area contributed by atoms with Crippen LogP contribution in [0, 0.1) is 11.3 Å². The summed E-state index contributed by atoms with van der Waals surface area (Å²) < 4.78 is 36.4. The highest BCUT2D eigenvalue weighted by atomic mass is 31.2. The van der Waals surface area contributed by atoms with Gasteiger partial charge in [-0.25, -0.2) is 4.57 Å². The molecule has 10 nitrogen and oxygen atoms in total. The molecule has 3 aromatic rings. The number of carbonyl (C=O) groups excluding carboxylic acids is 2. The first-order chi connectivity index (χ1) is 26.1. The van der Waals surface area contributed by atoms with E-state index in [9.17, 15) is 19.4 Å². The Kier molecular flexibility index (Phi) is 15.7. The lowest BCUT2D eigenvalue weighted by molar-refractivity contribution is -0.290. The number of nitrogens with one attached hydrogen (secondary N) is 1. The van der Waals surface area contributed by atoms with Gasteiger partial charge in [-0.05, 0) is 115 Å². The molecule has 4 rings (SSSR count). The van der Waals surface area contributed by atoms with Gasteiger partial charge in [-0.1, -0.05) is 92.7 Å². The van der Waals surface area contributed by atoms with Crippen molar-refractivity contribution in [3.63, 3.8) is 0 Å². The van der Waals surface area contributed by atoms with E-state index in [0.29, 0.717) is 50.0 Å². The first-order valence-electron chi connectivity index (χ1n) is 19.4. The van der Waals surface area contributed by atoms with E-state index in [4.69, 9.17) is 18.3 Å². The number of hydrogen-bond donors (Lipinski definition) is 1. The molecule has 0 bridgehead atoms. The quantitative estimate of drug-likeness (QED) is 0.0521. The van der Waals surface area contributed by atoms with Gasteiger partial charge in [0.15, 0.2) is 0 Å². The smallest absolute Gasteiger partial charge is 0.463 e. The van der Waals surface area contributed by atoms with E-state index in [2.05, 4.69) is 29.6 Å². The van der Waals surface area contributed by atoms with Gasteiger partial charge in [0.25, 0.3) is 0 Å². The number of benzene rings is 3. The number of rotatable bonds is 20. The van der Waals surface area contributed by atoms with Crippen molar-refractivity contribution in [3.8, 4) is 11.5 Å². The van der Waals surface area contributed by atoms with Gasteiger partial charge < -0.3 is 19.1 Å².